The van der Waals surface area contributed by atoms with E-state index in [0.29, 0.717) is 12.5 Å². The van der Waals surface area contributed by atoms with E-state index in [9.17, 15) is 5.11 Å². The molecule has 1 N–H and O–H groups in total. The van der Waals surface area contributed by atoms with Crippen molar-refractivity contribution in [2.24, 2.45) is 11.8 Å². The van der Waals surface area contributed by atoms with Gasteiger partial charge in [-0.2, -0.15) is 0 Å². The first kappa shape index (κ1) is 16.3. The summed E-state index contributed by atoms with van der Waals surface area (Å²) in [5.41, 5.74) is 0. The summed E-state index contributed by atoms with van der Waals surface area (Å²) in [6.07, 6.45) is 13.6. The van der Waals surface area contributed by atoms with Crippen LogP contribution < -0.4 is 0 Å². The van der Waals surface area contributed by atoms with Crippen LogP contribution in [-0.4, -0.2) is 42.4 Å². The zero-order chi connectivity index (χ0) is 15.1. The van der Waals surface area contributed by atoms with E-state index in [-0.39, 0.29) is 0 Å². The minimum Gasteiger partial charge on any atom is -0.491 e. The van der Waals surface area contributed by atoms with Crippen LogP contribution in [0.5, 0.6) is 0 Å². The molecule has 1 heterocycles. The predicted octanol–water partition coefficient (Wildman–Crippen LogP) is 3.13. The Morgan fingerprint density at radius 2 is 2.14 bits per heavy atom. The minimum absolute atomic E-state index is 0.366. The van der Waals surface area contributed by atoms with Crippen LogP contribution in [0.1, 0.15) is 33.1 Å². The highest BCUT2D eigenvalue weighted by Crippen LogP contribution is 2.17. The molecular formula is C18H29NO2. The molecular weight excluding hydrogens is 262 g/mol. The highest BCUT2D eigenvalue weighted by Gasteiger charge is 2.17. The van der Waals surface area contributed by atoms with Crippen molar-refractivity contribution in [1.82, 2.24) is 4.90 Å². The van der Waals surface area contributed by atoms with Crippen molar-refractivity contribution >= 4 is 0 Å². The second-order valence-electron chi connectivity index (χ2n) is 6.47. The standard InChI is InChI=1S/C18H29NO2/c1-15-5-3-7-18(9-8-15)21-14-17(20)13-19-11-4-6-16(2)10-12-19/h3,5,7-9,15-17,20H,4,6,10-14H2,1-2H3. The molecule has 0 spiro atoms. The highest BCUT2D eigenvalue weighted by molar-refractivity contribution is 5.24. The van der Waals surface area contributed by atoms with Gasteiger partial charge < -0.3 is 14.7 Å². The molecule has 118 valence electrons. The number of aliphatic hydroxyl groups is 1. The fourth-order valence-electron chi connectivity index (χ4n) is 2.84. The van der Waals surface area contributed by atoms with Crippen molar-refractivity contribution < 1.29 is 9.84 Å². The number of rotatable bonds is 5. The number of aliphatic hydroxyl groups excluding tert-OH is 1. The fraction of sp³-hybridized carbons (Fsp3) is 0.667. The van der Waals surface area contributed by atoms with Gasteiger partial charge in [-0.3, -0.25) is 0 Å². The van der Waals surface area contributed by atoms with E-state index in [1.165, 1.54) is 19.3 Å². The van der Waals surface area contributed by atoms with Crippen LogP contribution in [0.2, 0.25) is 0 Å². The first-order chi connectivity index (χ1) is 10.1. The summed E-state index contributed by atoms with van der Waals surface area (Å²) in [4.78, 5) is 2.37. The first-order valence-corrected chi connectivity index (χ1v) is 8.23. The van der Waals surface area contributed by atoms with Gasteiger partial charge in [0.2, 0.25) is 0 Å². The first-order valence-electron chi connectivity index (χ1n) is 8.23. The summed E-state index contributed by atoms with van der Waals surface area (Å²) in [5, 5.41) is 10.2. The largest absolute Gasteiger partial charge is 0.491 e. The van der Waals surface area contributed by atoms with E-state index in [0.717, 1.165) is 31.3 Å². The molecule has 1 aliphatic carbocycles. The molecule has 3 unspecified atom stereocenters. The molecule has 1 saturated heterocycles. The van der Waals surface area contributed by atoms with Crippen molar-refractivity contribution in [2.75, 3.05) is 26.2 Å². The van der Waals surface area contributed by atoms with E-state index in [1.807, 2.05) is 18.2 Å². The minimum atomic E-state index is -0.419. The average Bonchev–Trinajstić information content (AvgIpc) is 2.78. The molecule has 21 heavy (non-hydrogen) atoms. The Hall–Kier alpha value is -1.06. The molecule has 0 amide bonds. The zero-order valence-electron chi connectivity index (χ0n) is 13.4. The number of ether oxygens (including phenoxy) is 1. The van der Waals surface area contributed by atoms with E-state index < -0.39 is 6.10 Å². The number of allylic oxidation sites excluding steroid dienone is 5. The van der Waals surface area contributed by atoms with Gasteiger partial charge in [0.25, 0.3) is 0 Å². The molecule has 3 nitrogen and oxygen atoms in total. The van der Waals surface area contributed by atoms with Gasteiger partial charge >= 0.3 is 0 Å². The third kappa shape index (κ3) is 6.06. The van der Waals surface area contributed by atoms with Gasteiger partial charge in [-0.15, -0.1) is 0 Å². The maximum absolute atomic E-state index is 10.2. The Bertz CT molecular complexity index is 400. The molecule has 0 aromatic rings. The molecule has 0 saturated carbocycles. The van der Waals surface area contributed by atoms with E-state index in [4.69, 9.17) is 4.74 Å². The monoisotopic (exact) mass is 291 g/mol. The van der Waals surface area contributed by atoms with Gasteiger partial charge in [0, 0.05) is 6.54 Å². The fourth-order valence-corrected chi connectivity index (χ4v) is 2.84. The van der Waals surface area contributed by atoms with Crippen LogP contribution in [-0.2, 0) is 4.74 Å². The Morgan fingerprint density at radius 1 is 1.29 bits per heavy atom. The lowest BCUT2D eigenvalue weighted by Crippen LogP contribution is -2.35. The highest BCUT2D eigenvalue weighted by atomic mass is 16.5. The van der Waals surface area contributed by atoms with E-state index in [1.54, 1.807) is 0 Å². The molecule has 0 radical (unpaired) electrons. The lowest BCUT2D eigenvalue weighted by Gasteiger charge is -2.23. The molecule has 1 fully saturated rings. The van der Waals surface area contributed by atoms with Crippen molar-refractivity contribution in [3.63, 3.8) is 0 Å². The van der Waals surface area contributed by atoms with Crippen molar-refractivity contribution in [3.8, 4) is 0 Å². The second-order valence-corrected chi connectivity index (χ2v) is 6.47. The van der Waals surface area contributed by atoms with Gasteiger partial charge in [0.1, 0.15) is 18.5 Å². The van der Waals surface area contributed by atoms with E-state index in [2.05, 4.69) is 30.9 Å². The molecule has 0 bridgehead atoms. The number of nitrogens with zero attached hydrogens (tertiary/aromatic N) is 1. The van der Waals surface area contributed by atoms with Gasteiger partial charge in [-0.25, -0.2) is 0 Å². The zero-order valence-corrected chi connectivity index (χ0v) is 13.4. The SMILES string of the molecule is CC1C=CC=C(OCC(O)CN2CCCC(C)CC2)C=C1. The maximum Gasteiger partial charge on any atom is 0.119 e. The molecule has 2 rings (SSSR count). The summed E-state index contributed by atoms with van der Waals surface area (Å²) in [5.74, 6) is 2.09. The number of hydrogen-bond donors (Lipinski definition) is 1. The Balaban J connectivity index is 1.72. The van der Waals surface area contributed by atoms with Crippen molar-refractivity contribution in [3.05, 3.63) is 36.1 Å². The molecule has 2 aliphatic rings. The van der Waals surface area contributed by atoms with E-state index >= 15 is 0 Å². The normalized spacial score (nSPS) is 28.6. The van der Waals surface area contributed by atoms with Gasteiger partial charge in [-0.05, 0) is 56.3 Å². The van der Waals surface area contributed by atoms with Gasteiger partial charge in [-0.1, -0.05) is 32.1 Å². The van der Waals surface area contributed by atoms with Gasteiger partial charge in [0.15, 0.2) is 0 Å². The van der Waals surface area contributed by atoms with Gasteiger partial charge in [0.05, 0.1) is 0 Å². The maximum atomic E-state index is 10.2. The smallest absolute Gasteiger partial charge is 0.119 e. The molecule has 0 aromatic heterocycles. The summed E-state index contributed by atoms with van der Waals surface area (Å²) in [6, 6.07) is 0. The van der Waals surface area contributed by atoms with Crippen LogP contribution in [0.25, 0.3) is 0 Å². The summed E-state index contributed by atoms with van der Waals surface area (Å²) in [7, 11) is 0. The average molecular weight is 291 g/mol. The predicted molar refractivity (Wildman–Crippen MR) is 86.9 cm³/mol. The number of hydrogen-bond acceptors (Lipinski definition) is 3. The molecule has 3 heteroatoms. The molecule has 0 aromatic carbocycles. The van der Waals surface area contributed by atoms with Crippen molar-refractivity contribution in [1.29, 1.82) is 0 Å². The summed E-state index contributed by atoms with van der Waals surface area (Å²) in [6.45, 7) is 7.74. The Kier molecular flexibility index (Phi) is 6.52. The number of β-amino-alcohol motifs (C(OH)–C–C–N with tert-alkyl or cyclic N) is 1. The lowest BCUT2D eigenvalue weighted by molar-refractivity contribution is 0.0465. The van der Waals surface area contributed by atoms with Crippen LogP contribution in [0.3, 0.4) is 0 Å². The van der Waals surface area contributed by atoms with Crippen LogP contribution in [0.15, 0.2) is 36.1 Å². The molecule has 1 aliphatic heterocycles. The van der Waals surface area contributed by atoms with Crippen LogP contribution in [0, 0.1) is 11.8 Å². The lowest BCUT2D eigenvalue weighted by atomic mass is 10.0. The number of likely N-dealkylation sites (tertiary alicyclic amines) is 1. The Morgan fingerprint density at radius 3 is 3.00 bits per heavy atom. The third-order valence-electron chi connectivity index (χ3n) is 4.26. The Labute approximate surface area is 129 Å². The quantitative estimate of drug-likeness (QED) is 0.844. The molecule has 3 atom stereocenters. The third-order valence-corrected chi connectivity index (χ3v) is 4.26. The summed E-state index contributed by atoms with van der Waals surface area (Å²) >= 11 is 0. The second kappa shape index (κ2) is 8.40. The summed E-state index contributed by atoms with van der Waals surface area (Å²) < 4.78 is 5.71. The van der Waals surface area contributed by atoms with Crippen molar-refractivity contribution in [2.45, 2.75) is 39.2 Å². The topological polar surface area (TPSA) is 32.7 Å². The van der Waals surface area contributed by atoms with Crippen LogP contribution in [0.4, 0.5) is 0 Å². The van der Waals surface area contributed by atoms with Crippen LogP contribution >= 0.6 is 0 Å².